The first-order valence-corrected chi connectivity index (χ1v) is 9.24. The average Bonchev–Trinajstić information content (AvgIpc) is 2.65. The van der Waals surface area contributed by atoms with Crippen LogP contribution in [0.2, 0.25) is 0 Å². The molecule has 168 valence electrons. The Morgan fingerprint density at radius 1 is 1.03 bits per heavy atom. The SMILES string of the molecule is CC(C)C(NC(=O)c1c(F)cccc1F)C(=O)N(C)Cc1ccccc1OC(F)(F)F. The van der Waals surface area contributed by atoms with Crippen LogP contribution >= 0.6 is 0 Å². The molecule has 0 aromatic heterocycles. The van der Waals surface area contributed by atoms with Crippen LogP contribution in [0.3, 0.4) is 0 Å². The zero-order chi connectivity index (χ0) is 23.3. The molecular weight excluding hydrogens is 423 g/mol. The van der Waals surface area contributed by atoms with E-state index in [1.54, 1.807) is 13.8 Å². The molecule has 1 atom stereocenters. The number of rotatable bonds is 7. The molecule has 0 aliphatic rings. The molecule has 2 amide bonds. The number of alkyl halides is 3. The summed E-state index contributed by atoms with van der Waals surface area (Å²) in [5.74, 6) is -4.87. The fourth-order valence-corrected chi connectivity index (χ4v) is 2.87. The van der Waals surface area contributed by atoms with E-state index in [1.807, 2.05) is 0 Å². The van der Waals surface area contributed by atoms with Crippen molar-refractivity contribution in [3.8, 4) is 5.75 Å². The lowest BCUT2D eigenvalue weighted by molar-refractivity contribution is -0.275. The Hall–Kier alpha value is -3.17. The molecule has 2 rings (SSSR count). The van der Waals surface area contributed by atoms with Crippen LogP contribution in [0.1, 0.15) is 29.8 Å². The summed E-state index contributed by atoms with van der Waals surface area (Å²) in [5.41, 5.74) is -0.739. The summed E-state index contributed by atoms with van der Waals surface area (Å²) in [6.45, 7) is 2.96. The minimum Gasteiger partial charge on any atom is -0.405 e. The van der Waals surface area contributed by atoms with Gasteiger partial charge in [-0.05, 0) is 24.1 Å². The third-order valence-corrected chi connectivity index (χ3v) is 4.39. The van der Waals surface area contributed by atoms with E-state index in [9.17, 15) is 31.5 Å². The number of ether oxygens (including phenoxy) is 1. The standard InChI is InChI=1S/C21H21F5N2O3/c1-12(2)18(27-19(29)17-14(22)8-6-9-15(17)23)20(30)28(3)11-13-7-4-5-10-16(13)31-21(24,25)26/h4-10,12,18H,11H2,1-3H3,(H,27,29). The number of para-hydroxylation sites is 1. The van der Waals surface area contributed by atoms with Gasteiger partial charge in [-0.15, -0.1) is 13.2 Å². The van der Waals surface area contributed by atoms with Crippen molar-refractivity contribution in [1.29, 1.82) is 0 Å². The molecule has 0 bridgehead atoms. The van der Waals surface area contributed by atoms with E-state index < -0.39 is 53.1 Å². The molecule has 2 aromatic carbocycles. The average molecular weight is 444 g/mol. The van der Waals surface area contributed by atoms with Crippen LogP contribution in [0.15, 0.2) is 42.5 Å². The van der Waals surface area contributed by atoms with Gasteiger partial charge >= 0.3 is 6.36 Å². The fourth-order valence-electron chi connectivity index (χ4n) is 2.87. The summed E-state index contributed by atoms with van der Waals surface area (Å²) in [7, 11) is 1.33. The van der Waals surface area contributed by atoms with Gasteiger partial charge in [0.2, 0.25) is 5.91 Å². The molecule has 2 aromatic rings. The van der Waals surface area contributed by atoms with Crippen LogP contribution < -0.4 is 10.1 Å². The molecule has 10 heteroatoms. The number of hydrogen-bond donors (Lipinski definition) is 1. The van der Waals surface area contributed by atoms with Gasteiger partial charge < -0.3 is 15.0 Å². The first-order valence-electron chi connectivity index (χ1n) is 9.24. The monoisotopic (exact) mass is 444 g/mol. The van der Waals surface area contributed by atoms with Crippen molar-refractivity contribution >= 4 is 11.8 Å². The van der Waals surface area contributed by atoms with Crippen molar-refractivity contribution in [2.24, 2.45) is 5.92 Å². The van der Waals surface area contributed by atoms with Gasteiger partial charge in [-0.2, -0.15) is 0 Å². The van der Waals surface area contributed by atoms with Gasteiger partial charge in [0.25, 0.3) is 5.91 Å². The van der Waals surface area contributed by atoms with Gasteiger partial charge in [0.05, 0.1) is 0 Å². The van der Waals surface area contributed by atoms with Crippen LogP contribution in [0.5, 0.6) is 5.75 Å². The van der Waals surface area contributed by atoms with E-state index in [0.29, 0.717) is 0 Å². The molecular formula is C21H21F5N2O3. The second-order valence-corrected chi connectivity index (χ2v) is 7.14. The largest absolute Gasteiger partial charge is 0.573 e. The smallest absolute Gasteiger partial charge is 0.405 e. The molecule has 0 saturated carbocycles. The Labute approximate surface area is 175 Å². The van der Waals surface area contributed by atoms with Crippen molar-refractivity contribution in [3.63, 3.8) is 0 Å². The van der Waals surface area contributed by atoms with Gasteiger partial charge in [0.15, 0.2) is 0 Å². The number of carbonyl (C=O) groups excluding carboxylic acids is 2. The van der Waals surface area contributed by atoms with Crippen molar-refractivity contribution < 1.29 is 36.3 Å². The number of hydrogen-bond acceptors (Lipinski definition) is 3. The van der Waals surface area contributed by atoms with E-state index in [1.165, 1.54) is 25.2 Å². The maximum Gasteiger partial charge on any atom is 0.573 e. The minimum atomic E-state index is -4.91. The topological polar surface area (TPSA) is 58.6 Å². The minimum absolute atomic E-state index is 0.0876. The van der Waals surface area contributed by atoms with Gasteiger partial charge in [-0.25, -0.2) is 8.78 Å². The molecule has 0 heterocycles. The second-order valence-electron chi connectivity index (χ2n) is 7.14. The number of nitrogens with one attached hydrogen (secondary N) is 1. The first-order chi connectivity index (χ1) is 14.4. The molecule has 1 unspecified atom stereocenters. The van der Waals surface area contributed by atoms with E-state index in [4.69, 9.17) is 0 Å². The van der Waals surface area contributed by atoms with Crippen LogP contribution in [-0.4, -0.2) is 36.2 Å². The molecule has 0 aliphatic heterocycles. The first kappa shape index (κ1) is 24.1. The molecule has 0 spiro atoms. The zero-order valence-electron chi connectivity index (χ0n) is 17.0. The van der Waals surface area contributed by atoms with Crippen LogP contribution in [0, 0.1) is 17.6 Å². The maximum atomic E-state index is 13.9. The summed E-state index contributed by atoms with van der Waals surface area (Å²) in [4.78, 5) is 26.4. The van der Waals surface area contributed by atoms with E-state index in [0.717, 1.165) is 29.2 Å². The summed E-state index contributed by atoms with van der Waals surface area (Å²) in [6.07, 6.45) is -4.91. The maximum absolute atomic E-state index is 13.9. The lowest BCUT2D eigenvalue weighted by Gasteiger charge is -2.28. The Morgan fingerprint density at radius 3 is 2.16 bits per heavy atom. The number of amides is 2. The summed E-state index contributed by atoms with van der Waals surface area (Å²) in [6, 6.07) is 7.06. The molecule has 5 nitrogen and oxygen atoms in total. The van der Waals surface area contributed by atoms with E-state index in [-0.39, 0.29) is 12.1 Å². The Morgan fingerprint density at radius 2 is 1.61 bits per heavy atom. The summed E-state index contributed by atoms with van der Waals surface area (Å²) >= 11 is 0. The quantitative estimate of drug-likeness (QED) is 0.649. The Bertz CT molecular complexity index is 927. The van der Waals surface area contributed by atoms with Gasteiger partial charge in [-0.1, -0.05) is 38.1 Å². The highest BCUT2D eigenvalue weighted by atomic mass is 19.4. The number of halogens is 5. The molecule has 0 fully saturated rings. The number of likely N-dealkylation sites (N-methyl/N-ethyl adjacent to an activating group) is 1. The highest BCUT2D eigenvalue weighted by Crippen LogP contribution is 2.27. The molecule has 31 heavy (non-hydrogen) atoms. The lowest BCUT2D eigenvalue weighted by Crippen LogP contribution is -2.50. The van der Waals surface area contributed by atoms with Crippen molar-refractivity contribution in [3.05, 3.63) is 65.2 Å². The highest BCUT2D eigenvalue weighted by molar-refractivity contribution is 5.98. The predicted molar refractivity (Wildman–Crippen MR) is 102 cm³/mol. The molecule has 0 aliphatic carbocycles. The predicted octanol–water partition coefficient (Wildman–Crippen LogP) is 4.28. The van der Waals surface area contributed by atoms with Crippen molar-refractivity contribution in [2.45, 2.75) is 32.8 Å². The van der Waals surface area contributed by atoms with E-state index in [2.05, 4.69) is 10.1 Å². The normalized spacial score (nSPS) is 12.4. The lowest BCUT2D eigenvalue weighted by atomic mass is 10.0. The number of carbonyl (C=O) groups is 2. The number of benzene rings is 2. The van der Waals surface area contributed by atoms with E-state index >= 15 is 0 Å². The van der Waals surface area contributed by atoms with Gasteiger partial charge in [-0.3, -0.25) is 9.59 Å². The van der Waals surface area contributed by atoms with Crippen molar-refractivity contribution in [1.82, 2.24) is 10.2 Å². The highest BCUT2D eigenvalue weighted by Gasteiger charge is 2.33. The van der Waals surface area contributed by atoms with Crippen LogP contribution in [-0.2, 0) is 11.3 Å². The number of nitrogens with zero attached hydrogens (tertiary/aromatic N) is 1. The molecule has 0 radical (unpaired) electrons. The van der Waals surface area contributed by atoms with Crippen LogP contribution in [0.25, 0.3) is 0 Å². The fraction of sp³-hybridized carbons (Fsp3) is 0.333. The Balaban J connectivity index is 2.20. The van der Waals surface area contributed by atoms with Crippen LogP contribution in [0.4, 0.5) is 22.0 Å². The summed E-state index contributed by atoms with van der Waals surface area (Å²) in [5, 5.41) is 2.31. The molecule has 1 N–H and O–H groups in total. The molecule has 0 saturated heterocycles. The van der Waals surface area contributed by atoms with Crippen molar-refractivity contribution in [2.75, 3.05) is 7.05 Å². The van der Waals surface area contributed by atoms with Gasteiger partial charge in [0.1, 0.15) is 29.0 Å². The Kier molecular flexibility index (Phi) is 7.59. The van der Waals surface area contributed by atoms with Gasteiger partial charge in [0, 0.05) is 19.2 Å². The third-order valence-electron chi connectivity index (χ3n) is 4.39. The zero-order valence-corrected chi connectivity index (χ0v) is 17.0. The summed E-state index contributed by atoms with van der Waals surface area (Å²) < 4.78 is 69.6. The second kappa shape index (κ2) is 9.76. The third kappa shape index (κ3) is 6.40.